The number of hydrogen-bond donors (Lipinski definition) is 0. The summed E-state index contributed by atoms with van der Waals surface area (Å²) in [7, 11) is 4.77. The molecule has 0 spiro atoms. The number of esters is 4. The topological polar surface area (TPSA) is 105 Å². The molecule has 1 aliphatic carbocycles. The lowest BCUT2D eigenvalue weighted by Crippen LogP contribution is -2.37. The summed E-state index contributed by atoms with van der Waals surface area (Å²) in [6, 6.07) is 0. The van der Waals surface area contributed by atoms with Crippen molar-refractivity contribution in [2.45, 2.75) is 12.8 Å². The maximum Gasteiger partial charge on any atom is 0.320 e. The van der Waals surface area contributed by atoms with Gasteiger partial charge < -0.3 is 18.9 Å². The SMILES string of the molecule is COC(=O)C(C(=O)OC)[C@@H]1C=C[C@H](C(C(=O)OC)C(=O)OC)CC1. The first-order chi connectivity index (χ1) is 11.4. The first-order valence-corrected chi connectivity index (χ1v) is 7.40. The molecule has 8 nitrogen and oxygen atoms in total. The van der Waals surface area contributed by atoms with Crippen molar-refractivity contribution in [1.82, 2.24) is 0 Å². The lowest BCUT2D eigenvalue weighted by Gasteiger charge is -2.28. The van der Waals surface area contributed by atoms with Crippen molar-refractivity contribution in [3.8, 4) is 0 Å². The Bertz CT molecular complexity index is 446. The fraction of sp³-hybridized carbons (Fsp3) is 0.625. The highest BCUT2D eigenvalue weighted by atomic mass is 16.5. The van der Waals surface area contributed by atoms with Crippen LogP contribution in [0.5, 0.6) is 0 Å². The molecule has 0 amide bonds. The molecule has 0 aromatic rings. The number of hydrogen-bond acceptors (Lipinski definition) is 8. The minimum absolute atomic E-state index is 0.403. The quantitative estimate of drug-likeness (QED) is 0.297. The van der Waals surface area contributed by atoms with E-state index in [1.165, 1.54) is 28.4 Å². The van der Waals surface area contributed by atoms with Crippen LogP contribution in [0.25, 0.3) is 0 Å². The molecule has 0 aliphatic heterocycles. The molecule has 0 saturated carbocycles. The summed E-state index contributed by atoms with van der Waals surface area (Å²) >= 11 is 0. The van der Waals surface area contributed by atoms with Gasteiger partial charge in [0.2, 0.25) is 0 Å². The molecule has 1 rings (SSSR count). The van der Waals surface area contributed by atoms with Crippen LogP contribution in [0, 0.1) is 23.7 Å². The number of carbonyl (C=O) groups excluding carboxylic acids is 4. The zero-order valence-corrected chi connectivity index (χ0v) is 14.1. The van der Waals surface area contributed by atoms with E-state index in [0.29, 0.717) is 12.8 Å². The lowest BCUT2D eigenvalue weighted by molar-refractivity contribution is -0.164. The van der Waals surface area contributed by atoms with Crippen molar-refractivity contribution in [3.63, 3.8) is 0 Å². The van der Waals surface area contributed by atoms with Gasteiger partial charge >= 0.3 is 23.9 Å². The van der Waals surface area contributed by atoms with E-state index in [0.717, 1.165) is 0 Å². The summed E-state index contributed by atoms with van der Waals surface area (Å²) in [6.07, 6.45) is 4.07. The van der Waals surface area contributed by atoms with Crippen molar-refractivity contribution in [1.29, 1.82) is 0 Å². The van der Waals surface area contributed by atoms with Gasteiger partial charge in [0.1, 0.15) is 0 Å². The van der Waals surface area contributed by atoms with Gasteiger partial charge in [-0.05, 0) is 12.8 Å². The zero-order valence-electron chi connectivity index (χ0n) is 14.1. The monoisotopic (exact) mass is 342 g/mol. The average molecular weight is 342 g/mol. The first-order valence-electron chi connectivity index (χ1n) is 7.40. The molecule has 0 N–H and O–H groups in total. The Labute approximate surface area is 140 Å². The van der Waals surface area contributed by atoms with Crippen molar-refractivity contribution in [3.05, 3.63) is 12.2 Å². The molecule has 1 aliphatic rings. The molecule has 134 valence electrons. The Kier molecular flexibility index (Phi) is 7.41. The molecular formula is C16H22O8. The highest BCUT2D eigenvalue weighted by Crippen LogP contribution is 2.33. The number of methoxy groups -OCH3 is 4. The highest BCUT2D eigenvalue weighted by Gasteiger charge is 2.41. The van der Waals surface area contributed by atoms with Gasteiger partial charge in [-0.1, -0.05) is 12.2 Å². The smallest absolute Gasteiger partial charge is 0.320 e. The molecule has 24 heavy (non-hydrogen) atoms. The van der Waals surface area contributed by atoms with Crippen LogP contribution in [-0.4, -0.2) is 52.3 Å². The summed E-state index contributed by atoms with van der Waals surface area (Å²) in [5.74, 6) is -5.77. The van der Waals surface area contributed by atoms with Crippen LogP contribution in [-0.2, 0) is 38.1 Å². The minimum Gasteiger partial charge on any atom is -0.468 e. The summed E-state index contributed by atoms with van der Waals surface area (Å²) in [4.78, 5) is 47.3. The van der Waals surface area contributed by atoms with E-state index in [2.05, 4.69) is 18.9 Å². The molecule has 0 aromatic carbocycles. The predicted molar refractivity (Wildman–Crippen MR) is 80.4 cm³/mol. The van der Waals surface area contributed by atoms with E-state index >= 15 is 0 Å². The molecule has 2 atom stereocenters. The van der Waals surface area contributed by atoms with Crippen molar-refractivity contribution >= 4 is 23.9 Å². The summed E-state index contributed by atoms with van der Waals surface area (Å²) in [5, 5.41) is 0. The van der Waals surface area contributed by atoms with Crippen LogP contribution < -0.4 is 0 Å². The van der Waals surface area contributed by atoms with E-state index in [1.54, 1.807) is 12.2 Å². The van der Waals surface area contributed by atoms with Gasteiger partial charge in [-0.15, -0.1) is 0 Å². The second kappa shape index (κ2) is 9.05. The number of ether oxygens (including phenoxy) is 4. The maximum absolute atomic E-state index is 11.8. The molecule has 0 unspecified atom stereocenters. The molecule has 0 bridgehead atoms. The van der Waals surface area contributed by atoms with Gasteiger partial charge in [-0.2, -0.15) is 0 Å². The molecule has 0 aromatic heterocycles. The standard InChI is InChI=1S/C16H22O8/c1-21-13(17)11(14(18)22-2)9-5-7-10(8-6-9)12(15(19)23-3)16(20)24-4/h5,7,9-12H,6,8H2,1-4H3/t9-,10+. The Balaban J connectivity index is 2.97. The number of allylic oxidation sites excluding steroid dienone is 2. The van der Waals surface area contributed by atoms with Crippen molar-refractivity contribution in [2.75, 3.05) is 28.4 Å². The summed E-state index contributed by atoms with van der Waals surface area (Å²) in [5.41, 5.74) is 0. The number of carbonyl (C=O) groups is 4. The fourth-order valence-corrected chi connectivity index (χ4v) is 2.82. The fourth-order valence-electron chi connectivity index (χ4n) is 2.82. The molecule has 0 fully saturated rings. The second-order valence-corrected chi connectivity index (χ2v) is 5.34. The van der Waals surface area contributed by atoms with Crippen LogP contribution in [0.1, 0.15) is 12.8 Å². The van der Waals surface area contributed by atoms with Crippen molar-refractivity contribution < 1.29 is 38.1 Å². The van der Waals surface area contributed by atoms with Gasteiger partial charge in [-0.3, -0.25) is 19.2 Å². The van der Waals surface area contributed by atoms with E-state index in [4.69, 9.17) is 0 Å². The summed E-state index contributed by atoms with van der Waals surface area (Å²) < 4.78 is 18.6. The molecule has 0 radical (unpaired) electrons. The molecule has 8 heteroatoms. The highest BCUT2D eigenvalue weighted by molar-refractivity contribution is 5.96. The average Bonchev–Trinajstić information content (AvgIpc) is 2.62. The van der Waals surface area contributed by atoms with Gasteiger partial charge in [-0.25, -0.2) is 0 Å². The largest absolute Gasteiger partial charge is 0.468 e. The Hall–Kier alpha value is -2.38. The van der Waals surface area contributed by atoms with Crippen LogP contribution in [0.2, 0.25) is 0 Å². The third-order valence-electron chi connectivity index (χ3n) is 4.12. The van der Waals surface area contributed by atoms with Gasteiger partial charge in [0.15, 0.2) is 11.8 Å². The molecular weight excluding hydrogens is 320 g/mol. The Morgan fingerprint density at radius 1 is 0.667 bits per heavy atom. The van der Waals surface area contributed by atoms with E-state index in [9.17, 15) is 19.2 Å². The zero-order chi connectivity index (χ0) is 18.3. The third kappa shape index (κ3) is 4.33. The third-order valence-corrected chi connectivity index (χ3v) is 4.12. The maximum atomic E-state index is 11.8. The van der Waals surface area contributed by atoms with Gasteiger partial charge in [0.05, 0.1) is 28.4 Å². The molecule has 0 heterocycles. The van der Waals surface area contributed by atoms with Crippen LogP contribution in [0.3, 0.4) is 0 Å². The second-order valence-electron chi connectivity index (χ2n) is 5.34. The Morgan fingerprint density at radius 3 is 1.08 bits per heavy atom. The van der Waals surface area contributed by atoms with E-state index in [-0.39, 0.29) is 0 Å². The van der Waals surface area contributed by atoms with E-state index in [1.807, 2.05) is 0 Å². The van der Waals surface area contributed by atoms with E-state index < -0.39 is 47.5 Å². The van der Waals surface area contributed by atoms with Crippen molar-refractivity contribution in [2.24, 2.45) is 23.7 Å². The Morgan fingerprint density at radius 2 is 0.917 bits per heavy atom. The minimum atomic E-state index is -1.08. The van der Waals surface area contributed by atoms with Crippen LogP contribution in [0.15, 0.2) is 12.2 Å². The van der Waals surface area contributed by atoms with Crippen LogP contribution in [0.4, 0.5) is 0 Å². The first kappa shape index (κ1) is 19.7. The van der Waals surface area contributed by atoms with Gasteiger partial charge in [0.25, 0.3) is 0 Å². The number of rotatable bonds is 6. The molecule has 0 saturated heterocycles. The lowest BCUT2D eigenvalue weighted by atomic mass is 9.76. The van der Waals surface area contributed by atoms with Crippen LogP contribution >= 0.6 is 0 Å². The predicted octanol–water partition coefficient (Wildman–Crippen LogP) is 0.493. The van der Waals surface area contributed by atoms with Gasteiger partial charge in [0, 0.05) is 11.8 Å². The normalized spacial score (nSPS) is 19.8. The summed E-state index contributed by atoms with van der Waals surface area (Å²) in [6.45, 7) is 0.